The van der Waals surface area contributed by atoms with Crippen LogP contribution in [0.5, 0.6) is 0 Å². The minimum absolute atomic E-state index is 0.141. The Morgan fingerprint density at radius 1 is 0.750 bits per heavy atom. The van der Waals surface area contributed by atoms with E-state index in [-0.39, 0.29) is 11.8 Å². The number of nitrogens with zero attached hydrogens (tertiary/aromatic N) is 4. The molecule has 2 aromatic heterocycles. The molecule has 2 heterocycles. The van der Waals surface area contributed by atoms with Crippen molar-refractivity contribution in [1.82, 2.24) is 29.7 Å². The normalized spacial score (nSPS) is 10.6. The zero-order valence-corrected chi connectivity index (χ0v) is 15.6. The standard InChI is InChI=1S/C20H24N6O2/c27-19(23-7-1-11-25-13-9-21-15-25)17-3-5-18(6-4-17)20(28)24-8-2-12-26-14-10-22-16-26/h3-6,9-10,13-16H,1-2,7-8,11-12H2,(H,23,27)(H,24,28). The number of carbonyl (C=O) groups is 2. The zero-order valence-electron chi connectivity index (χ0n) is 15.6. The van der Waals surface area contributed by atoms with Gasteiger partial charge in [-0.05, 0) is 37.1 Å². The Bertz CT molecular complexity index is 784. The highest BCUT2D eigenvalue weighted by Crippen LogP contribution is 2.05. The van der Waals surface area contributed by atoms with Gasteiger partial charge in [-0.3, -0.25) is 9.59 Å². The minimum atomic E-state index is -0.141. The predicted molar refractivity (Wildman–Crippen MR) is 105 cm³/mol. The molecule has 8 heteroatoms. The van der Waals surface area contributed by atoms with Gasteiger partial charge in [0.15, 0.2) is 0 Å². The Balaban J connectivity index is 1.36. The third-order valence-electron chi connectivity index (χ3n) is 4.28. The average molecular weight is 380 g/mol. The number of aryl methyl sites for hydroxylation is 2. The van der Waals surface area contributed by atoms with Crippen molar-refractivity contribution in [3.05, 3.63) is 72.8 Å². The van der Waals surface area contributed by atoms with Gasteiger partial charge >= 0.3 is 0 Å². The lowest BCUT2D eigenvalue weighted by Gasteiger charge is -2.08. The van der Waals surface area contributed by atoms with E-state index in [9.17, 15) is 9.59 Å². The lowest BCUT2D eigenvalue weighted by molar-refractivity contribution is 0.0941. The van der Waals surface area contributed by atoms with Crippen molar-refractivity contribution in [2.45, 2.75) is 25.9 Å². The van der Waals surface area contributed by atoms with Crippen molar-refractivity contribution in [3.8, 4) is 0 Å². The van der Waals surface area contributed by atoms with Crippen molar-refractivity contribution >= 4 is 11.8 Å². The summed E-state index contributed by atoms with van der Waals surface area (Å²) in [5.41, 5.74) is 1.08. The molecule has 0 aliphatic rings. The van der Waals surface area contributed by atoms with Crippen LogP contribution in [-0.4, -0.2) is 44.0 Å². The van der Waals surface area contributed by atoms with Crippen LogP contribution in [0.1, 0.15) is 33.6 Å². The molecule has 0 radical (unpaired) electrons. The molecular formula is C20H24N6O2. The highest BCUT2D eigenvalue weighted by atomic mass is 16.2. The molecule has 2 N–H and O–H groups in total. The number of imidazole rings is 2. The minimum Gasteiger partial charge on any atom is -0.352 e. The molecule has 3 aromatic rings. The van der Waals surface area contributed by atoms with Crippen molar-refractivity contribution < 1.29 is 9.59 Å². The maximum absolute atomic E-state index is 12.2. The SMILES string of the molecule is O=C(NCCCn1ccnc1)c1ccc(C(=O)NCCCn2ccnc2)cc1. The molecule has 0 saturated heterocycles. The van der Waals surface area contributed by atoms with Gasteiger partial charge in [0.2, 0.25) is 0 Å². The number of hydrogen-bond acceptors (Lipinski definition) is 4. The van der Waals surface area contributed by atoms with E-state index in [0.717, 1.165) is 25.9 Å². The van der Waals surface area contributed by atoms with Gasteiger partial charge in [0.1, 0.15) is 0 Å². The van der Waals surface area contributed by atoms with E-state index in [1.54, 1.807) is 49.3 Å². The summed E-state index contributed by atoms with van der Waals surface area (Å²) >= 11 is 0. The summed E-state index contributed by atoms with van der Waals surface area (Å²) in [4.78, 5) is 32.3. The molecule has 146 valence electrons. The largest absolute Gasteiger partial charge is 0.352 e. The first-order valence-electron chi connectivity index (χ1n) is 9.30. The summed E-state index contributed by atoms with van der Waals surface area (Å²) in [5.74, 6) is -0.282. The topological polar surface area (TPSA) is 93.8 Å². The molecule has 2 amide bonds. The second-order valence-corrected chi connectivity index (χ2v) is 6.40. The molecule has 3 rings (SSSR count). The average Bonchev–Trinajstić information content (AvgIpc) is 3.42. The molecule has 8 nitrogen and oxygen atoms in total. The number of carbonyl (C=O) groups excluding carboxylic acids is 2. The second kappa shape index (κ2) is 10.1. The van der Waals surface area contributed by atoms with Gasteiger partial charge in [0, 0.05) is 62.1 Å². The van der Waals surface area contributed by atoms with Gasteiger partial charge in [-0.15, -0.1) is 0 Å². The van der Waals surface area contributed by atoms with Gasteiger partial charge < -0.3 is 19.8 Å². The second-order valence-electron chi connectivity index (χ2n) is 6.40. The fourth-order valence-electron chi connectivity index (χ4n) is 2.74. The number of benzene rings is 1. The molecule has 1 aromatic carbocycles. The van der Waals surface area contributed by atoms with Crippen LogP contribution in [-0.2, 0) is 13.1 Å². The van der Waals surface area contributed by atoms with Gasteiger partial charge in [-0.25, -0.2) is 9.97 Å². The van der Waals surface area contributed by atoms with Crippen molar-refractivity contribution in [3.63, 3.8) is 0 Å². The van der Waals surface area contributed by atoms with Crippen LogP contribution in [0, 0.1) is 0 Å². The number of nitrogens with one attached hydrogen (secondary N) is 2. The van der Waals surface area contributed by atoms with Gasteiger partial charge in [-0.1, -0.05) is 0 Å². The van der Waals surface area contributed by atoms with Crippen LogP contribution in [0.4, 0.5) is 0 Å². The Labute approximate surface area is 163 Å². The Morgan fingerprint density at radius 3 is 1.54 bits per heavy atom. The highest BCUT2D eigenvalue weighted by Gasteiger charge is 2.08. The summed E-state index contributed by atoms with van der Waals surface area (Å²) in [5, 5.41) is 5.77. The molecule has 0 bridgehead atoms. The molecule has 0 spiro atoms. The molecule has 0 fully saturated rings. The molecule has 0 unspecified atom stereocenters. The summed E-state index contributed by atoms with van der Waals surface area (Å²) in [7, 11) is 0. The maximum Gasteiger partial charge on any atom is 0.251 e. The molecular weight excluding hydrogens is 356 g/mol. The number of aromatic nitrogens is 4. The van der Waals surface area contributed by atoms with Crippen LogP contribution >= 0.6 is 0 Å². The number of amides is 2. The van der Waals surface area contributed by atoms with E-state index in [2.05, 4.69) is 20.6 Å². The van der Waals surface area contributed by atoms with E-state index < -0.39 is 0 Å². The molecule has 0 aliphatic carbocycles. The third kappa shape index (κ3) is 5.80. The predicted octanol–water partition coefficient (Wildman–Crippen LogP) is 1.72. The molecule has 0 aliphatic heterocycles. The third-order valence-corrected chi connectivity index (χ3v) is 4.28. The van der Waals surface area contributed by atoms with Crippen LogP contribution in [0.25, 0.3) is 0 Å². The van der Waals surface area contributed by atoms with Gasteiger partial charge in [0.25, 0.3) is 11.8 Å². The van der Waals surface area contributed by atoms with Crippen LogP contribution in [0.3, 0.4) is 0 Å². The smallest absolute Gasteiger partial charge is 0.251 e. The van der Waals surface area contributed by atoms with Crippen LogP contribution in [0.15, 0.2) is 61.7 Å². The van der Waals surface area contributed by atoms with Crippen molar-refractivity contribution in [1.29, 1.82) is 0 Å². The summed E-state index contributed by atoms with van der Waals surface area (Å²) in [6.07, 6.45) is 12.4. The van der Waals surface area contributed by atoms with Gasteiger partial charge in [0.05, 0.1) is 12.7 Å². The Morgan fingerprint density at radius 2 is 1.18 bits per heavy atom. The quantitative estimate of drug-likeness (QED) is 0.524. The summed E-state index contributed by atoms with van der Waals surface area (Å²) in [6, 6.07) is 6.69. The molecule has 28 heavy (non-hydrogen) atoms. The van der Waals surface area contributed by atoms with E-state index in [0.29, 0.717) is 24.2 Å². The van der Waals surface area contributed by atoms with E-state index in [1.807, 2.05) is 21.5 Å². The first kappa shape index (κ1) is 19.3. The molecule has 0 saturated carbocycles. The highest BCUT2D eigenvalue weighted by molar-refractivity contribution is 5.97. The van der Waals surface area contributed by atoms with E-state index in [4.69, 9.17) is 0 Å². The van der Waals surface area contributed by atoms with Gasteiger partial charge in [-0.2, -0.15) is 0 Å². The molecule has 0 atom stereocenters. The first-order chi connectivity index (χ1) is 13.7. The lowest BCUT2D eigenvalue weighted by atomic mass is 10.1. The van der Waals surface area contributed by atoms with Crippen molar-refractivity contribution in [2.75, 3.05) is 13.1 Å². The number of hydrogen-bond donors (Lipinski definition) is 2. The summed E-state index contributed by atoms with van der Waals surface area (Å²) < 4.78 is 3.93. The van der Waals surface area contributed by atoms with Crippen LogP contribution < -0.4 is 10.6 Å². The summed E-state index contributed by atoms with van der Waals surface area (Å²) in [6.45, 7) is 2.77. The van der Waals surface area contributed by atoms with Crippen LogP contribution in [0.2, 0.25) is 0 Å². The fraction of sp³-hybridized carbons (Fsp3) is 0.300. The lowest BCUT2D eigenvalue weighted by Crippen LogP contribution is -2.26. The zero-order chi connectivity index (χ0) is 19.6. The fourth-order valence-corrected chi connectivity index (χ4v) is 2.74. The Kier molecular flexibility index (Phi) is 6.95. The van der Waals surface area contributed by atoms with E-state index >= 15 is 0 Å². The number of rotatable bonds is 10. The van der Waals surface area contributed by atoms with E-state index in [1.165, 1.54) is 0 Å². The first-order valence-corrected chi connectivity index (χ1v) is 9.30. The monoisotopic (exact) mass is 380 g/mol. The van der Waals surface area contributed by atoms with Crippen molar-refractivity contribution in [2.24, 2.45) is 0 Å². The maximum atomic E-state index is 12.2. The Hall–Kier alpha value is -3.42.